The molecule has 0 aliphatic carbocycles. The number of benzene rings is 2. The molecule has 0 saturated carbocycles. The van der Waals surface area contributed by atoms with Gasteiger partial charge in [0.1, 0.15) is 0 Å². The second-order valence-electron chi connectivity index (χ2n) is 4.13. The molecule has 0 aromatic heterocycles. The molecule has 22 heavy (non-hydrogen) atoms. The molecule has 2 rings (SSSR count). The van der Waals surface area contributed by atoms with Crippen LogP contribution in [0.4, 0.5) is 0 Å². The monoisotopic (exact) mass is 292 g/mol. The van der Waals surface area contributed by atoms with Crippen LogP contribution in [0.1, 0.15) is 31.8 Å². The van der Waals surface area contributed by atoms with Crippen molar-refractivity contribution in [1.82, 2.24) is 0 Å². The lowest BCUT2D eigenvalue weighted by molar-refractivity contribution is -0.187. The maximum Gasteiger partial charge on any atom is 0.386 e. The van der Waals surface area contributed by atoms with Gasteiger partial charge >= 0.3 is 11.9 Å². The van der Waals surface area contributed by atoms with Crippen molar-refractivity contribution < 1.29 is 19.4 Å². The highest BCUT2D eigenvalue weighted by molar-refractivity contribution is 5.92. The van der Waals surface area contributed by atoms with Gasteiger partial charge in [-0.15, -0.1) is 0 Å². The summed E-state index contributed by atoms with van der Waals surface area (Å²) >= 11 is 0. The molecule has 2 aromatic carbocycles. The van der Waals surface area contributed by atoms with E-state index in [1.54, 1.807) is 0 Å². The normalized spacial score (nSPS) is 9.18. The Morgan fingerprint density at radius 2 is 1.18 bits per heavy atom. The van der Waals surface area contributed by atoms with E-state index >= 15 is 0 Å². The summed E-state index contributed by atoms with van der Waals surface area (Å²) in [6.07, 6.45) is 0. The molecule has 6 heteroatoms. The first-order chi connectivity index (χ1) is 10.6. The SMILES string of the molecule is N#Cc1cccc(C(=O)OOC(=O)c2cccc(C#N)c2)c1. The van der Waals surface area contributed by atoms with Crippen LogP contribution >= 0.6 is 0 Å². The second-order valence-corrected chi connectivity index (χ2v) is 4.13. The third-order valence-electron chi connectivity index (χ3n) is 2.65. The molecule has 0 unspecified atom stereocenters. The summed E-state index contributed by atoms with van der Waals surface area (Å²) in [5, 5.41) is 17.5. The summed E-state index contributed by atoms with van der Waals surface area (Å²) in [7, 11) is 0. The van der Waals surface area contributed by atoms with E-state index in [9.17, 15) is 9.59 Å². The van der Waals surface area contributed by atoms with E-state index in [1.807, 2.05) is 12.1 Å². The zero-order valence-corrected chi connectivity index (χ0v) is 11.1. The fraction of sp³-hybridized carbons (Fsp3) is 0. The van der Waals surface area contributed by atoms with Crippen LogP contribution in [0.3, 0.4) is 0 Å². The van der Waals surface area contributed by atoms with Gasteiger partial charge in [0, 0.05) is 0 Å². The van der Waals surface area contributed by atoms with Crippen molar-refractivity contribution in [3.8, 4) is 12.1 Å². The minimum atomic E-state index is -0.901. The Labute approximate surface area is 125 Å². The van der Waals surface area contributed by atoms with Gasteiger partial charge in [0.15, 0.2) is 0 Å². The summed E-state index contributed by atoms with van der Waals surface area (Å²) in [5.41, 5.74) is 0.722. The molecule has 0 amide bonds. The van der Waals surface area contributed by atoms with Crippen molar-refractivity contribution in [2.75, 3.05) is 0 Å². The standard InChI is InChI=1S/C16H8N2O4/c17-9-11-3-1-5-13(7-11)15(19)21-22-16(20)14-6-2-4-12(8-14)10-18/h1-8H. The minimum Gasteiger partial charge on any atom is -0.242 e. The zero-order chi connectivity index (χ0) is 15.9. The van der Waals surface area contributed by atoms with Crippen LogP contribution in [0.25, 0.3) is 0 Å². The van der Waals surface area contributed by atoms with Crippen LogP contribution < -0.4 is 0 Å². The number of hydrogen-bond acceptors (Lipinski definition) is 6. The Morgan fingerprint density at radius 3 is 1.55 bits per heavy atom. The van der Waals surface area contributed by atoms with Gasteiger partial charge in [0.25, 0.3) is 0 Å². The molecular formula is C16H8N2O4. The molecular weight excluding hydrogens is 284 g/mol. The van der Waals surface area contributed by atoms with E-state index in [2.05, 4.69) is 9.78 Å². The average Bonchev–Trinajstić information content (AvgIpc) is 2.59. The summed E-state index contributed by atoms with van der Waals surface area (Å²) in [6.45, 7) is 0. The van der Waals surface area contributed by atoms with Crippen LogP contribution in [0, 0.1) is 22.7 Å². The first kappa shape index (κ1) is 14.8. The molecule has 6 nitrogen and oxygen atoms in total. The first-order valence-electron chi connectivity index (χ1n) is 6.07. The van der Waals surface area contributed by atoms with Crippen molar-refractivity contribution in [3.63, 3.8) is 0 Å². The van der Waals surface area contributed by atoms with Gasteiger partial charge in [0.2, 0.25) is 0 Å². The number of nitrogens with zero attached hydrogens (tertiary/aromatic N) is 2. The van der Waals surface area contributed by atoms with Crippen LogP contribution in [0.5, 0.6) is 0 Å². The Kier molecular flexibility index (Phi) is 4.49. The lowest BCUT2D eigenvalue weighted by Crippen LogP contribution is -2.12. The van der Waals surface area contributed by atoms with Crippen molar-refractivity contribution in [2.24, 2.45) is 0 Å². The molecule has 2 aromatic rings. The number of carbonyl (C=O) groups is 2. The molecule has 0 atom stereocenters. The molecule has 0 saturated heterocycles. The molecule has 0 spiro atoms. The highest BCUT2D eigenvalue weighted by Gasteiger charge is 2.14. The van der Waals surface area contributed by atoms with Gasteiger partial charge in [0.05, 0.1) is 34.4 Å². The Bertz CT molecular complexity index is 746. The summed E-state index contributed by atoms with van der Waals surface area (Å²) in [5.74, 6) is -1.80. The maximum atomic E-state index is 11.7. The van der Waals surface area contributed by atoms with E-state index < -0.39 is 11.9 Å². The Balaban J connectivity index is 2.03. The number of hydrogen-bond donors (Lipinski definition) is 0. The fourth-order valence-corrected chi connectivity index (χ4v) is 1.60. The molecule has 106 valence electrons. The van der Waals surface area contributed by atoms with Crippen LogP contribution in [0.2, 0.25) is 0 Å². The van der Waals surface area contributed by atoms with E-state index in [0.717, 1.165) is 0 Å². The smallest absolute Gasteiger partial charge is 0.242 e. The van der Waals surface area contributed by atoms with Gasteiger partial charge < -0.3 is 0 Å². The van der Waals surface area contributed by atoms with Crippen LogP contribution in [-0.4, -0.2) is 11.9 Å². The largest absolute Gasteiger partial charge is 0.386 e. The first-order valence-corrected chi connectivity index (χ1v) is 6.07. The maximum absolute atomic E-state index is 11.7. The second kappa shape index (κ2) is 6.69. The quantitative estimate of drug-likeness (QED) is 0.622. The van der Waals surface area contributed by atoms with Gasteiger partial charge in [-0.05, 0) is 36.4 Å². The molecule has 0 aliphatic heterocycles. The van der Waals surface area contributed by atoms with Crippen LogP contribution in [0.15, 0.2) is 48.5 Å². The van der Waals surface area contributed by atoms with Crippen molar-refractivity contribution >= 4 is 11.9 Å². The lowest BCUT2D eigenvalue weighted by atomic mass is 10.1. The van der Waals surface area contributed by atoms with Gasteiger partial charge in [-0.25, -0.2) is 19.4 Å². The molecule has 0 heterocycles. The molecule has 0 aliphatic rings. The average molecular weight is 292 g/mol. The van der Waals surface area contributed by atoms with Gasteiger partial charge in [-0.2, -0.15) is 10.5 Å². The molecule has 0 radical (unpaired) electrons. The summed E-state index contributed by atoms with van der Waals surface area (Å²) in [6, 6.07) is 15.3. The summed E-state index contributed by atoms with van der Waals surface area (Å²) in [4.78, 5) is 32.3. The van der Waals surface area contributed by atoms with Crippen molar-refractivity contribution in [1.29, 1.82) is 10.5 Å². The molecule has 0 bridgehead atoms. The summed E-state index contributed by atoms with van der Waals surface area (Å²) < 4.78 is 0. The highest BCUT2D eigenvalue weighted by Crippen LogP contribution is 2.09. The number of nitriles is 2. The number of rotatable bonds is 2. The number of carbonyl (C=O) groups excluding carboxylic acids is 2. The van der Waals surface area contributed by atoms with E-state index in [-0.39, 0.29) is 22.3 Å². The third-order valence-corrected chi connectivity index (χ3v) is 2.65. The van der Waals surface area contributed by atoms with Gasteiger partial charge in [-0.1, -0.05) is 12.1 Å². The van der Waals surface area contributed by atoms with Gasteiger partial charge in [-0.3, -0.25) is 0 Å². The predicted octanol–water partition coefficient (Wildman–Crippen LogP) is 2.36. The Morgan fingerprint density at radius 1 is 0.773 bits per heavy atom. The molecule has 0 N–H and O–H groups in total. The molecule has 0 fully saturated rings. The highest BCUT2D eigenvalue weighted by atomic mass is 17.2. The third kappa shape index (κ3) is 3.47. The van der Waals surface area contributed by atoms with Crippen LogP contribution in [-0.2, 0) is 9.78 Å². The van der Waals surface area contributed by atoms with Crippen molar-refractivity contribution in [3.05, 3.63) is 70.8 Å². The lowest BCUT2D eigenvalue weighted by Gasteiger charge is -2.03. The zero-order valence-electron chi connectivity index (χ0n) is 11.1. The van der Waals surface area contributed by atoms with Crippen molar-refractivity contribution in [2.45, 2.75) is 0 Å². The Hall–Kier alpha value is -3.64. The van der Waals surface area contributed by atoms with E-state index in [4.69, 9.17) is 10.5 Å². The minimum absolute atomic E-state index is 0.0811. The van der Waals surface area contributed by atoms with E-state index in [1.165, 1.54) is 48.5 Å². The topological polar surface area (TPSA) is 100 Å². The fourth-order valence-electron chi connectivity index (χ4n) is 1.60. The van der Waals surface area contributed by atoms with E-state index in [0.29, 0.717) is 0 Å². The predicted molar refractivity (Wildman–Crippen MR) is 73.1 cm³/mol.